The first-order valence-electron chi connectivity index (χ1n) is 12.0. The summed E-state index contributed by atoms with van der Waals surface area (Å²) in [6, 6.07) is 12.9. The number of benzene rings is 1. The minimum absolute atomic E-state index is 0.571. The van der Waals surface area contributed by atoms with E-state index in [0.717, 1.165) is 86.4 Å². The molecule has 35 heavy (non-hydrogen) atoms. The van der Waals surface area contributed by atoms with Gasteiger partial charge >= 0.3 is 0 Å². The van der Waals surface area contributed by atoms with Crippen molar-refractivity contribution in [2.24, 2.45) is 0 Å². The van der Waals surface area contributed by atoms with E-state index in [4.69, 9.17) is 14.5 Å². The largest absolute Gasteiger partial charge is 0.379 e. The first-order chi connectivity index (χ1) is 17.3. The second-order valence-corrected chi connectivity index (χ2v) is 9.68. The van der Waals surface area contributed by atoms with Crippen molar-refractivity contribution in [1.29, 1.82) is 0 Å². The molecular formula is C26H28N6O2S. The van der Waals surface area contributed by atoms with E-state index >= 15 is 0 Å². The molecule has 2 aliphatic rings. The lowest BCUT2D eigenvalue weighted by atomic mass is 10.1. The van der Waals surface area contributed by atoms with E-state index in [1.54, 1.807) is 11.3 Å². The van der Waals surface area contributed by atoms with Gasteiger partial charge in [-0.15, -0.1) is 11.3 Å². The van der Waals surface area contributed by atoms with E-state index in [1.807, 2.05) is 24.5 Å². The minimum atomic E-state index is 0.571. The van der Waals surface area contributed by atoms with Crippen molar-refractivity contribution >= 4 is 39.0 Å². The van der Waals surface area contributed by atoms with Crippen molar-refractivity contribution in [2.75, 3.05) is 62.8 Å². The van der Waals surface area contributed by atoms with Gasteiger partial charge in [-0.1, -0.05) is 24.3 Å². The highest BCUT2D eigenvalue weighted by Gasteiger charge is 2.14. The Morgan fingerprint density at radius 3 is 2.37 bits per heavy atom. The van der Waals surface area contributed by atoms with Gasteiger partial charge in [0.1, 0.15) is 5.82 Å². The predicted octanol–water partition coefficient (Wildman–Crippen LogP) is 4.17. The summed E-state index contributed by atoms with van der Waals surface area (Å²) in [6.45, 7) is 7.83. The lowest BCUT2D eigenvalue weighted by Gasteiger charge is -2.27. The average Bonchev–Trinajstić information content (AvgIpc) is 3.34. The van der Waals surface area contributed by atoms with Crippen molar-refractivity contribution in [3.8, 4) is 11.1 Å². The van der Waals surface area contributed by atoms with Crippen LogP contribution in [0.3, 0.4) is 0 Å². The number of ether oxygens (including phenoxy) is 2. The molecule has 1 N–H and O–H groups in total. The van der Waals surface area contributed by atoms with Crippen LogP contribution in [0.15, 0.2) is 54.2 Å². The highest BCUT2D eigenvalue weighted by Crippen LogP contribution is 2.33. The van der Waals surface area contributed by atoms with Crippen molar-refractivity contribution in [3.63, 3.8) is 0 Å². The number of nitrogens with one attached hydrogen (secondary N) is 1. The highest BCUT2D eigenvalue weighted by molar-refractivity contribution is 7.17. The summed E-state index contributed by atoms with van der Waals surface area (Å²) >= 11 is 1.67. The third-order valence-electron chi connectivity index (χ3n) is 6.43. The molecule has 3 aromatic heterocycles. The van der Waals surface area contributed by atoms with Crippen LogP contribution >= 0.6 is 11.3 Å². The summed E-state index contributed by atoms with van der Waals surface area (Å²) in [5.74, 6) is 1.54. The predicted molar refractivity (Wildman–Crippen MR) is 139 cm³/mol. The smallest absolute Gasteiger partial charge is 0.227 e. The third kappa shape index (κ3) is 5.13. The molecule has 2 saturated heterocycles. The van der Waals surface area contributed by atoms with Crippen LogP contribution in [0.25, 0.3) is 21.3 Å². The van der Waals surface area contributed by atoms with Gasteiger partial charge in [0.25, 0.3) is 0 Å². The van der Waals surface area contributed by atoms with Crippen LogP contribution < -0.4 is 10.2 Å². The van der Waals surface area contributed by atoms with Gasteiger partial charge in [0.05, 0.1) is 54.7 Å². The first kappa shape index (κ1) is 22.4. The van der Waals surface area contributed by atoms with Gasteiger partial charge in [-0.25, -0.2) is 15.0 Å². The molecule has 0 atom stereocenters. The molecule has 2 fully saturated rings. The summed E-state index contributed by atoms with van der Waals surface area (Å²) in [5, 5.41) is 5.48. The normalized spacial score (nSPS) is 17.1. The van der Waals surface area contributed by atoms with E-state index in [0.29, 0.717) is 5.95 Å². The molecule has 5 heterocycles. The zero-order valence-electron chi connectivity index (χ0n) is 19.5. The molecule has 4 aromatic rings. The third-order valence-corrected chi connectivity index (χ3v) is 7.33. The summed E-state index contributed by atoms with van der Waals surface area (Å²) in [4.78, 5) is 18.6. The molecule has 0 saturated carbocycles. The number of rotatable bonds is 6. The van der Waals surface area contributed by atoms with Crippen LogP contribution in [-0.4, -0.2) is 72.5 Å². The molecule has 180 valence electrons. The van der Waals surface area contributed by atoms with Crippen molar-refractivity contribution in [2.45, 2.75) is 6.54 Å². The van der Waals surface area contributed by atoms with Crippen molar-refractivity contribution in [1.82, 2.24) is 19.9 Å². The van der Waals surface area contributed by atoms with Gasteiger partial charge in [0, 0.05) is 43.7 Å². The molecule has 0 spiro atoms. The fourth-order valence-electron chi connectivity index (χ4n) is 4.47. The summed E-state index contributed by atoms with van der Waals surface area (Å²) in [7, 11) is 0. The molecule has 0 aliphatic carbocycles. The topological polar surface area (TPSA) is 75.6 Å². The Morgan fingerprint density at radius 1 is 0.857 bits per heavy atom. The standard InChI is InChI=1S/C26H28N6O2S/c1-3-20(4-2-19(1)17-31-7-11-33-12-8-31)22-18-35-23-16-28-26(30-25(22)23)29-21-5-6-24(27-15-21)32-9-13-34-14-10-32/h1-6,15-16,18H,7-14,17H2,(H,28,29,30). The molecule has 1 aromatic carbocycles. The summed E-state index contributed by atoms with van der Waals surface area (Å²) in [6.07, 6.45) is 3.72. The van der Waals surface area contributed by atoms with Crippen LogP contribution in [0.5, 0.6) is 0 Å². The van der Waals surface area contributed by atoms with Crippen LogP contribution in [0.4, 0.5) is 17.5 Å². The van der Waals surface area contributed by atoms with Gasteiger partial charge in [-0.2, -0.15) is 0 Å². The number of hydrogen-bond acceptors (Lipinski definition) is 9. The molecule has 0 amide bonds. The van der Waals surface area contributed by atoms with E-state index in [-0.39, 0.29) is 0 Å². The maximum Gasteiger partial charge on any atom is 0.227 e. The number of pyridine rings is 1. The van der Waals surface area contributed by atoms with Gasteiger partial charge in [-0.3, -0.25) is 4.90 Å². The lowest BCUT2D eigenvalue weighted by Crippen LogP contribution is -2.36. The van der Waals surface area contributed by atoms with Crippen LogP contribution in [0.1, 0.15) is 5.56 Å². The second kappa shape index (κ2) is 10.2. The Labute approximate surface area is 208 Å². The fraction of sp³-hybridized carbons (Fsp3) is 0.346. The van der Waals surface area contributed by atoms with Gasteiger partial charge in [0.2, 0.25) is 5.95 Å². The summed E-state index contributed by atoms with van der Waals surface area (Å²) < 4.78 is 12.0. The SMILES string of the molecule is c1cc(-c2csc3cnc(Nc4ccc(N5CCOCC5)nc4)nc23)ccc1CN1CCOCC1. The Balaban J connectivity index is 1.17. The van der Waals surface area contributed by atoms with E-state index in [1.165, 1.54) is 11.1 Å². The van der Waals surface area contributed by atoms with E-state index in [9.17, 15) is 0 Å². The van der Waals surface area contributed by atoms with E-state index in [2.05, 4.69) is 54.7 Å². The molecule has 0 bridgehead atoms. The number of morpholine rings is 2. The summed E-state index contributed by atoms with van der Waals surface area (Å²) in [5.41, 5.74) is 5.45. The van der Waals surface area contributed by atoms with Gasteiger partial charge in [-0.05, 0) is 23.3 Å². The van der Waals surface area contributed by atoms with Crippen molar-refractivity contribution in [3.05, 3.63) is 59.7 Å². The molecule has 6 rings (SSSR count). The number of thiophene rings is 1. The number of aromatic nitrogens is 3. The average molecular weight is 489 g/mol. The Bertz CT molecular complexity index is 1270. The molecule has 0 radical (unpaired) electrons. The first-order valence-corrected chi connectivity index (χ1v) is 12.9. The number of nitrogens with zero attached hydrogens (tertiary/aromatic N) is 5. The Morgan fingerprint density at radius 2 is 1.63 bits per heavy atom. The number of hydrogen-bond donors (Lipinski definition) is 1. The zero-order chi connectivity index (χ0) is 23.5. The Kier molecular flexibility index (Phi) is 6.55. The zero-order valence-corrected chi connectivity index (χ0v) is 20.3. The Hall–Kier alpha value is -3.11. The molecule has 9 heteroatoms. The van der Waals surface area contributed by atoms with Crippen LogP contribution in [0, 0.1) is 0 Å². The molecule has 8 nitrogen and oxygen atoms in total. The molecule has 0 unspecified atom stereocenters. The maximum atomic E-state index is 5.46. The monoisotopic (exact) mass is 488 g/mol. The lowest BCUT2D eigenvalue weighted by molar-refractivity contribution is 0.0342. The quantitative estimate of drug-likeness (QED) is 0.434. The van der Waals surface area contributed by atoms with Gasteiger partial charge in [0.15, 0.2) is 0 Å². The number of anilines is 3. The van der Waals surface area contributed by atoms with Crippen LogP contribution in [-0.2, 0) is 16.0 Å². The number of fused-ring (bicyclic) bond motifs is 1. The van der Waals surface area contributed by atoms with Crippen molar-refractivity contribution < 1.29 is 9.47 Å². The molecular weight excluding hydrogens is 460 g/mol. The maximum absolute atomic E-state index is 5.46. The minimum Gasteiger partial charge on any atom is -0.379 e. The van der Waals surface area contributed by atoms with Crippen LogP contribution in [0.2, 0.25) is 0 Å². The second-order valence-electron chi connectivity index (χ2n) is 8.77. The van der Waals surface area contributed by atoms with E-state index < -0.39 is 0 Å². The highest BCUT2D eigenvalue weighted by atomic mass is 32.1. The fourth-order valence-corrected chi connectivity index (χ4v) is 5.34. The van der Waals surface area contributed by atoms with Gasteiger partial charge < -0.3 is 19.7 Å². The molecule has 2 aliphatic heterocycles.